The summed E-state index contributed by atoms with van der Waals surface area (Å²) in [6.45, 7) is 3.28. The minimum atomic E-state index is -2.65. The molecule has 0 aliphatic heterocycles. The molecule has 0 aromatic heterocycles. The minimum absolute atomic E-state index is 0.00679. The van der Waals surface area contributed by atoms with E-state index in [2.05, 4.69) is 15.8 Å². The van der Waals surface area contributed by atoms with Crippen LogP contribution in [-0.2, 0) is 15.2 Å². The SMILES string of the molecule is C=CCOC(=O)NN=S(=O)=O. The van der Waals surface area contributed by atoms with Crippen LogP contribution < -0.4 is 5.43 Å². The molecule has 1 N–H and O–H groups in total. The van der Waals surface area contributed by atoms with Crippen molar-refractivity contribution >= 4 is 16.6 Å². The summed E-state index contributed by atoms with van der Waals surface area (Å²) >= 11 is 0. The number of carbonyl (C=O) groups is 1. The Morgan fingerprint density at radius 1 is 1.73 bits per heavy atom. The van der Waals surface area contributed by atoms with E-state index in [0.717, 1.165) is 0 Å². The number of hydrogen-bond acceptors (Lipinski definition) is 5. The van der Waals surface area contributed by atoms with Gasteiger partial charge in [-0.2, -0.15) is 13.8 Å². The Labute approximate surface area is 64.5 Å². The van der Waals surface area contributed by atoms with Gasteiger partial charge in [0.25, 0.3) is 0 Å². The van der Waals surface area contributed by atoms with Gasteiger partial charge in [0.05, 0.1) is 0 Å². The molecular formula is C4H6N2O4S. The van der Waals surface area contributed by atoms with Crippen LogP contribution in [0.4, 0.5) is 4.79 Å². The Morgan fingerprint density at radius 2 is 2.36 bits per heavy atom. The third-order valence-corrected chi connectivity index (χ3v) is 0.784. The van der Waals surface area contributed by atoms with Crippen molar-refractivity contribution in [3.05, 3.63) is 12.7 Å². The predicted octanol–water partition coefficient (Wildman–Crippen LogP) is -0.124. The molecule has 0 saturated heterocycles. The van der Waals surface area contributed by atoms with Crippen LogP contribution in [0.5, 0.6) is 0 Å². The third-order valence-electron chi connectivity index (χ3n) is 0.544. The summed E-state index contributed by atoms with van der Waals surface area (Å²) in [6.07, 6.45) is 0.405. The molecule has 7 heteroatoms. The molecule has 0 aliphatic rings. The van der Waals surface area contributed by atoms with Gasteiger partial charge >= 0.3 is 16.6 Å². The molecule has 0 radical (unpaired) electrons. The van der Waals surface area contributed by atoms with Gasteiger partial charge in [-0.25, -0.2) is 4.79 Å². The van der Waals surface area contributed by atoms with Crippen LogP contribution in [0.1, 0.15) is 0 Å². The normalized spacial score (nSPS) is 8.00. The maximum absolute atomic E-state index is 10.4. The first kappa shape index (κ1) is 9.63. The molecule has 6 nitrogen and oxygen atoms in total. The highest BCUT2D eigenvalue weighted by atomic mass is 32.2. The lowest BCUT2D eigenvalue weighted by Gasteiger charge is -1.95. The van der Waals surface area contributed by atoms with Gasteiger partial charge in [-0.1, -0.05) is 12.7 Å². The van der Waals surface area contributed by atoms with Gasteiger partial charge in [0.2, 0.25) is 0 Å². The van der Waals surface area contributed by atoms with Crippen LogP contribution in [-0.4, -0.2) is 21.1 Å². The molecule has 11 heavy (non-hydrogen) atoms. The van der Waals surface area contributed by atoms with Crippen molar-refractivity contribution in [1.82, 2.24) is 5.43 Å². The van der Waals surface area contributed by atoms with Gasteiger partial charge in [0, 0.05) is 0 Å². The summed E-state index contributed by atoms with van der Waals surface area (Å²) in [5.74, 6) is 0. The number of ether oxygens (including phenoxy) is 1. The number of nitrogens with one attached hydrogen (secondary N) is 1. The zero-order valence-corrected chi connectivity index (χ0v) is 6.30. The Kier molecular flexibility index (Phi) is 4.74. The zero-order valence-electron chi connectivity index (χ0n) is 5.48. The Hall–Kier alpha value is -1.37. The summed E-state index contributed by atoms with van der Waals surface area (Å²) in [5.41, 5.74) is 1.62. The largest absolute Gasteiger partial charge is 0.444 e. The summed E-state index contributed by atoms with van der Waals surface area (Å²) in [4.78, 5) is 10.4. The van der Waals surface area contributed by atoms with Gasteiger partial charge in [-0.15, -0.1) is 0 Å². The smallest absolute Gasteiger partial charge is 0.428 e. The predicted molar refractivity (Wildman–Crippen MR) is 36.0 cm³/mol. The molecular weight excluding hydrogens is 172 g/mol. The average Bonchev–Trinajstić information content (AvgIpc) is 1.97. The molecule has 0 aromatic rings. The first-order chi connectivity index (χ1) is 5.16. The number of amides is 1. The third kappa shape index (κ3) is 6.52. The van der Waals surface area contributed by atoms with Crippen molar-refractivity contribution in [2.24, 2.45) is 4.47 Å². The second-order valence-corrected chi connectivity index (χ2v) is 1.92. The lowest BCUT2D eigenvalue weighted by Crippen LogP contribution is -2.18. The fourth-order valence-electron chi connectivity index (χ4n) is 0.241. The minimum Gasteiger partial charge on any atom is -0.444 e. The van der Waals surface area contributed by atoms with Crippen molar-refractivity contribution in [1.29, 1.82) is 0 Å². The molecule has 0 atom stereocenters. The lowest BCUT2D eigenvalue weighted by atomic mass is 10.7. The summed E-state index contributed by atoms with van der Waals surface area (Å²) in [6, 6.07) is 0. The van der Waals surface area contributed by atoms with E-state index >= 15 is 0 Å². The molecule has 0 rings (SSSR count). The second kappa shape index (κ2) is 5.42. The molecule has 0 saturated carbocycles. The molecule has 62 valence electrons. The molecule has 0 fully saturated rings. The highest BCUT2D eigenvalue weighted by Crippen LogP contribution is 1.76. The Bertz CT molecular complexity index is 260. The van der Waals surface area contributed by atoms with E-state index in [1.807, 2.05) is 0 Å². The summed E-state index contributed by atoms with van der Waals surface area (Å²) in [7, 11) is -2.65. The average molecular weight is 178 g/mol. The molecule has 0 aromatic carbocycles. The zero-order chi connectivity index (χ0) is 8.69. The number of nitrogens with zero attached hydrogens (tertiary/aromatic N) is 1. The monoisotopic (exact) mass is 178 g/mol. The van der Waals surface area contributed by atoms with E-state index in [9.17, 15) is 13.2 Å². The van der Waals surface area contributed by atoms with Crippen LogP contribution in [0.15, 0.2) is 17.1 Å². The molecule has 0 aliphatic carbocycles. The first-order valence-electron chi connectivity index (χ1n) is 2.50. The summed E-state index contributed by atoms with van der Waals surface area (Å²) in [5, 5.41) is 0. The molecule has 0 spiro atoms. The maximum atomic E-state index is 10.4. The first-order valence-corrected chi connectivity index (χ1v) is 3.53. The Morgan fingerprint density at radius 3 is 2.82 bits per heavy atom. The standard InChI is InChI=1S/C4H6N2O4S/c1-2-3-10-4(7)5-6-11(8)9/h2H,1,3H2,(H,5,7). The van der Waals surface area contributed by atoms with Gasteiger partial charge in [-0.05, 0) is 4.47 Å². The van der Waals surface area contributed by atoms with Crippen molar-refractivity contribution in [2.75, 3.05) is 6.61 Å². The number of rotatable bonds is 3. The second-order valence-electron chi connectivity index (χ2n) is 1.31. The highest BCUT2D eigenvalue weighted by molar-refractivity contribution is 7.61. The molecule has 0 heterocycles. The van der Waals surface area contributed by atoms with Gasteiger partial charge in [0.1, 0.15) is 6.61 Å². The van der Waals surface area contributed by atoms with Crippen LogP contribution in [0.3, 0.4) is 0 Å². The van der Waals surface area contributed by atoms with Crippen LogP contribution >= 0.6 is 0 Å². The van der Waals surface area contributed by atoms with E-state index in [1.54, 1.807) is 5.43 Å². The van der Waals surface area contributed by atoms with E-state index < -0.39 is 16.6 Å². The molecule has 0 unspecified atom stereocenters. The van der Waals surface area contributed by atoms with Crippen molar-refractivity contribution in [3.63, 3.8) is 0 Å². The van der Waals surface area contributed by atoms with E-state index in [0.29, 0.717) is 0 Å². The van der Waals surface area contributed by atoms with E-state index in [1.165, 1.54) is 6.08 Å². The van der Waals surface area contributed by atoms with Crippen molar-refractivity contribution in [3.8, 4) is 0 Å². The van der Waals surface area contributed by atoms with E-state index in [-0.39, 0.29) is 6.61 Å². The molecule has 0 bridgehead atoms. The fourth-order valence-corrected chi connectivity index (χ4v) is 0.390. The number of carbonyl (C=O) groups excluding carboxylic acids is 1. The lowest BCUT2D eigenvalue weighted by molar-refractivity contribution is 0.159. The fraction of sp³-hybridized carbons (Fsp3) is 0.250. The topological polar surface area (TPSA) is 84.8 Å². The molecule has 1 amide bonds. The highest BCUT2D eigenvalue weighted by Gasteiger charge is 1.95. The quantitative estimate of drug-likeness (QED) is 0.482. The van der Waals surface area contributed by atoms with Crippen molar-refractivity contribution in [2.45, 2.75) is 0 Å². The summed E-state index contributed by atoms with van der Waals surface area (Å²) < 4.78 is 26.4. The van der Waals surface area contributed by atoms with Crippen LogP contribution in [0.2, 0.25) is 0 Å². The van der Waals surface area contributed by atoms with Crippen LogP contribution in [0.25, 0.3) is 0 Å². The van der Waals surface area contributed by atoms with Gasteiger partial charge in [0.15, 0.2) is 0 Å². The van der Waals surface area contributed by atoms with E-state index in [4.69, 9.17) is 0 Å². The maximum Gasteiger partial charge on any atom is 0.428 e. The van der Waals surface area contributed by atoms with Gasteiger partial charge < -0.3 is 4.74 Å². The Balaban J connectivity index is 3.70. The van der Waals surface area contributed by atoms with Crippen LogP contribution in [0, 0.1) is 0 Å². The van der Waals surface area contributed by atoms with Crippen molar-refractivity contribution < 1.29 is 17.9 Å². The number of hydrogen-bond donors (Lipinski definition) is 1. The van der Waals surface area contributed by atoms with Gasteiger partial charge in [-0.3, -0.25) is 0 Å².